The molecule has 4 aliphatic carbocycles. The van der Waals surface area contributed by atoms with Crippen molar-refractivity contribution in [3.05, 3.63) is 30.1 Å². The molecule has 0 atom stereocenters. The Hall–Kier alpha value is -2.44. The van der Waals surface area contributed by atoms with Crippen molar-refractivity contribution in [2.45, 2.75) is 52.0 Å². The Morgan fingerprint density at radius 1 is 1.14 bits per heavy atom. The minimum absolute atomic E-state index is 0.147. The van der Waals surface area contributed by atoms with Crippen LogP contribution in [0, 0.1) is 23.2 Å². The average molecular weight is 381 g/mol. The summed E-state index contributed by atoms with van der Waals surface area (Å²) in [6.45, 7) is 2.94. The van der Waals surface area contributed by atoms with Gasteiger partial charge < -0.3 is 10.1 Å². The van der Waals surface area contributed by atoms with Gasteiger partial charge >= 0.3 is 0 Å². The van der Waals surface area contributed by atoms with Crippen LogP contribution < -0.4 is 10.1 Å². The molecule has 0 radical (unpaired) electrons. The Bertz CT molecular complexity index is 825. The van der Waals surface area contributed by atoms with Gasteiger partial charge in [-0.3, -0.25) is 4.79 Å². The van der Waals surface area contributed by atoms with E-state index in [1.54, 1.807) is 4.68 Å². The van der Waals surface area contributed by atoms with Crippen LogP contribution in [0.15, 0.2) is 24.3 Å². The second-order valence-corrected chi connectivity index (χ2v) is 8.81. The number of amides is 1. The third kappa shape index (κ3) is 3.06. The predicted molar refractivity (Wildman–Crippen MR) is 103 cm³/mol. The number of hydrogen-bond donors (Lipinski definition) is 1. The van der Waals surface area contributed by atoms with Gasteiger partial charge in [0.2, 0.25) is 5.91 Å². The van der Waals surface area contributed by atoms with Crippen LogP contribution in [0.25, 0.3) is 5.69 Å². The molecule has 4 aliphatic rings. The summed E-state index contributed by atoms with van der Waals surface area (Å²) < 4.78 is 7.16. The molecular formula is C21H27N5O2. The molecule has 2 aromatic rings. The monoisotopic (exact) mass is 381 g/mol. The largest absolute Gasteiger partial charge is 0.494 e. The highest BCUT2D eigenvalue weighted by molar-refractivity contribution is 5.83. The van der Waals surface area contributed by atoms with E-state index in [1.165, 1.54) is 19.3 Å². The quantitative estimate of drug-likeness (QED) is 0.832. The fourth-order valence-electron chi connectivity index (χ4n) is 6.10. The van der Waals surface area contributed by atoms with Crippen LogP contribution in [0.1, 0.15) is 51.3 Å². The lowest BCUT2D eigenvalue weighted by Crippen LogP contribution is -2.53. The summed E-state index contributed by atoms with van der Waals surface area (Å²) in [5.74, 6) is 3.93. The first-order valence-electron chi connectivity index (χ1n) is 10.4. The van der Waals surface area contributed by atoms with E-state index in [4.69, 9.17) is 4.74 Å². The third-order valence-electron chi connectivity index (χ3n) is 6.85. The first-order chi connectivity index (χ1) is 13.6. The maximum Gasteiger partial charge on any atom is 0.226 e. The van der Waals surface area contributed by atoms with Crippen LogP contribution in [0.2, 0.25) is 0 Å². The summed E-state index contributed by atoms with van der Waals surface area (Å²) in [6, 6.07) is 7.65. The van der Waals surface area contributed by atoms with E-state index in [1.807, 2.05) is 31.2 Å². The lowest BCUT2D eigenvalue weighted by atomic mass is 9.49. The van der Waals surface area contributed by atoms with Gasteiger partial charge in [0, 0.05) is 5.41 Å². The molecule has 4 saturated carbocycles. The number of carbonyl (C=O) groups is 1. The molecule has 7 nitrogen and oxygen atoms in total. The minimum atomic E-state index is -0.147. The summed E-state index contributed by atoms with van der Waals surface area (Å²) in [4.78, 5) is 13.2. The molecular weight excluding hydrogens is 354 g/mol. The van der Waals surface area contributed by atoms with Crippen LogP contribution in [0.4, 0.5) is 0 Å². The Kier molecular flexibility index (Phi) is 4.33. The first-order valence-corrected chi connectivity index (χ1v) is 10.4. The van der Waals surface area contributed by atoms with Gasteiger partial charge in [0.15, 0.2) is 5.82 Å². The number of hydrogen-bond acceptors (Lipinski definition) is 5. The van der Waals surface area contributed by atoms with Gasteiger partial charge in [-0.2, -0.15) is 4.68 Å². The number of tetrazole rings is 1. The van der Waals surface area contributed by atoms with Crippen molar-refractivity contribution in [1.29, 1.82) is 0 Å². The lowest BCUT2D eigenvalue weighted by molar-refractivity contribution is -0.146. The van der Waals surface area contributed by atoms with Gasteiger partial charge in [-0.05, 0) is 97.9 Å². The molecule has 0 aliphatic heterocycles. The number of nitrogens with one attached hydrogen (secondary N) is 1. The van der Waals surface area contributed by atoms with Crippen LogP contribution in [0.3, 0.4) is 0 Å². The zero-order chi connectivity index (χ0) is 19.1. The molecule has 4 bridgehead atoms. The van der Waals surface area contributed by atoms with Gasteiger partial charge in [-0.25, -0.2) is 0 Å². The van der Waals surface area contributed by atoms with E-state index in [2.05, 4.69) is 20.8 Å². The molecule has 7 heteroatoms. The molecule has 0 saturated heterocycles. The van der Waals surface area contributed by atoms with E-state index >= 15 is 0 Å². The number of aromatic nitrogens is 4. The summed E-state index contributed by atoms with van der Waals surface area (Å²) in [7, 11) is 0. The maximum atomic E-state index is 13.2. The van der Waals surface area contributed by atoms with Crippen molar-refractivity contribution in [3.63, 3.8) is 0 Å². The number of carbonyl (C=O) groups excluding carboxylic acids is 1. The molecule has 0 spiro atoms. The Labute approximate surface area is 164 Å². The number of ether oxygens (including phenoxy) is 1. The molecule has 148 valence electrons. The topological polar surface area (TPSA) is 81.9 Å². The van der Waals surface area contributed by atoms with Crippen molar-refractivity contribution in [1.82, 2.24) is 25.5 Å². The predicted octanol–water partition coefficient (Wildman–Crippen LogP) is 2.89. The van der Waals surface area contributed by atoms with Crippen molar-refractivity contribution >= 4 is 5.91 Å². The fraction of sp³-hybridized carbons (Fsp3) is 0.619. The van der Waals surface area contributed by atoms with E-state index in [0.717, 1.165) is 48.5 Å². The second kappa shape index (κ2) is 6.87. The molecule has 1 aromatic heterocycles. The van der Waals surface area contributed by atoms with Gasteiger partial charge in [-0.15, -0.1) is 5.10 Å². The standard InChI is InChI=1S/C21H27N5O2/c1-2-28-18-5-3-17(4-6-18)26-19(23-24-25-26)13-22-20(27)21-10-14-7-15(11-21)9-16(8-14)12-21/h3-6,14-16H,2,7-13H2,1H3,(H,22,27). The molecule has 1 heterocycles. The van der Waals surface area contributed by atoms with Gasteiger partial charge in [0.05, 0.1) is 18.8 Å². The molecule has 6 rings (SSSR count). The smallest absolute Gasteiger partial charge is 0.226 e. The molecule has 1 N–H and O–H groups in total. The lowest BCUT2D eigenvalue weighted by Gasteiger charge is -2.55. The highest BCUT2D eigenvalue weighted by Gasteiger charge is 2.54. The molecule has 0 unspecified atom stereocenters. The van der Waals surface area contributed by atoms with E-state index in [-0.39, 0.29) is 11.3 Å². The van der Waals surface area contributed by atoms with Crippen molar-refractivity contribution in [3.8, 4) is 11.4 Å². The molecule has 28 heavy (non-hydrogen) atoms. The summed E-state index contributed by atoms with van der Waals surface area (Å²) >= 11 is 0. The van der Waals surface area contributed by atoms with Crippen LogP contribution >= 0.6 is 0 Å². The Morgan fingerprint density at radius 2 is 1.79 bits per heavy atom. The van der Waals surface area contributed by atoms with Crippen molar-refractivity contribution in [2.75, 3.05) is 6.61 Å². The number of benzene rings is 1. The van der Waals surface area contributed by atoms with Crippen LogP contribution in [-0.4, -0.2) is 32.7 Å². The molecule has 4 fully saturated rings. The van der Waals surface area contributed by atoms with Crippen LogP contribution in [-0.2, 0) is 11.3 Å². The minimum Gasteiger partial charge on any atom is -0.494 e. The molecule has 1 aromatic carbocycles. The van der Waals surface area contributed by atoms with Gasteiger partial charge in [0.25, 0.3) is 0 Å². The maximum absolute atomic E-state index is 13.2. The average Bonchev–Trinajstić information content (AvgIpc) is 3.14. The summed E-state index contributed by atoms with van der Waals surface area (Å²) in [5, 5.41) is 15.2. The SMILES string of the molecule is CCOc1ccc(-n2nnnc2CNC(=O)C23CC4CC(CC(C4)C2)C3)cc1. The number of rotatable bonds is 6. The molecule has 1 amide bonds. The van der Waals surface area contributed by atoms with E-state index < -0.39 is 0 Å². The zero-order valence-corrected chi connectivity index (χ0v) is 16.3. The van der Waals surface area contributed by atoms with Gasteiger partial charge in [-0.1, -0.05) is 0 Å². The highest BCUT2D eigenvalue weighted by Crippen LogP contribution is 2.60. The van der Waals surface area contributed by atoms with Crippen molar-refractivity contribution < 1.29 is 9.53 Å². The van der Waals surface area contributed by atoms with E-state index in [9.17, 15) is 4.79 Å². The van der Waals surface area contributed by atoms with Gasteiger partial charge in [0.1, 0.15) is 5.75 Å². The Morgan fingerprint density at radius 3 is 2.39 bits per heavy atom. The Balaban J connectivity index is 1.28. The second-order valence-electron chi connectivity index (χ2n) is 8.81. The summed E-state index contributed by atoms with van der Waals surface area (Å²) in [5.41, 5.74) is 0.708. The summed E-state index contributed by atoms with van der Waals surface area (Å²) in [6.07, 6.45) is 7.20. The normalized spacial score (nSPS) is 30.4. The van der Waals surface area contributed by atoms with Crippen LogP contribution in [0.5, 0.6) is 5.75 Å². The number of nitrogens with zero attached hydrogens (tertiary/aromatic N) is 4. The van der Waals surface area contributed by atoms with E-state index in [0.29, 0.717) is 19.0 Å². The first kappa shape index (κ1) is 17.6. The third-order valence-corrected chi connectivity index (χ3v) is 6.85. The fourth-order valence-corrected chi connectivity index (χ4v) is 6.10. The van der Waals surface area contributed by atoms with Crippen molar-refractivity contribution in [2.24, 2.45) is 23.2 Å². The highest BCUT2D eigenvalue weighted by atomic mass is 16.5. The zero-order valence-electron chi connectivity index (χ0n) is 16.3.